The van der Waals surface area contributed by atoms with Crippen LogP contribution in [-0.2, 0) is 0 Å². The fourth-order valence-electron chi connectivity index (χ4n) is 2.68. The van der Waals surface area contributed by atoms with Gasteiger partial charge in [-0.15, -0.1) is 11.3 Å². The molecule has 1 unspecified atom stereocenters. The van der Waals surface area contributed by atoms with Gasteiger partial charge in [-0.1, -0.05) is 32.1 Å². The fourth-order valence-corrected chi connectivity index (χ4v) is 4.11. The van der Waals surface area contributed by atoms with Crippen LogP contribution < -0.4 is 5.32 Å². The minimum atomic E-state index is 0.572. The third-order valence-corrected chi connectivity index (χ3v) is 5.44. The third-order valence-electron chi connectivity index (χ3n) is 3.63. The SMILES string of the molecule is CNC(CC1CCCCC1)c1csc(I)c1. The average molecular weight is 349 g/mol. The van der Waals surface area contributed by atoms with Crippen molar-refractivity contribution in [2.45, 2.75) is 44.6 Å². The lowest BCUT2D eigenvalue weighted by atomic mass is 9.84. The summed E-state index contributed by atoms with van der Waals surface area (Å²) in [6.45, 7) is 0. The van der Waals surface area contributed by atoms with E-state index in [0.29, 0.717) is 6.04 Å². The molecule has 16 heavy (non-hydrogen) atoms. The van der Waals surface area contributed by atoms with Crippen molar-refractivity contribution in [2.75, 3.05) is 7.05 Å². The molecule has 0 amide bonds. The van der Waals surface area contributed by atoms with Crippen molar-refractivity contribution in [3.8, 4) is 0 Å². The molecule has 0 spiro atoms. The maximum absolute atomic E-state index is 3.48. The quantitative estimate of drug-likeness (QED) is 0.785. The van der Waals surface area contributed by atoms with E-state index < -0.39 is 0 Å². The Balaban J connectivity index is 1.94. The molecule has 0 radical (unpaired) electrons. The van der Waals surface area contributed by atoms with Crippen LogP contribution in [0.1, 0.15) is 50.1 Å². The van der Waals surface area contributed by atoms with Gasteiger partial charge in [0.15, 0.2) is 0 Å². The highest BCUT2D eigenvalue weighted by molar-refractivity contribution is 14.1. The summed E-state index contributed by atoms with van der Waals surface area (Å²) in [5.41, 5.74) is 1.49. The van der Waals surface area contributed by atoms with Crippen molar-refractivity contribution in [3.05, 3.63) is 19.9 Å². The Hall–Kier alpha value is 0.390. The van der Waals surface area contributed by atoms with E-state index in [-0.39, 0.29) is 0 Å². The Labute approximate surface area is 116 Å². The fraction of sp³-hybridized carbons (Fsp3) is 0.692. The lowest BCUT2D eigenvalue weighted by Crippen LogP contribution is -2.20. The van der Waals surface area contributed by atoms with E-state index in [9.17, 15) is 0 Å². The van der Waals surface area contributed by atoms with Crippen molar-refractivity contribution in [3.63, 3.8) is 0 Å². The lowest BCUT2D eigenvalue weighted by molar-refractivity contribution is 0.306. The number of thiophene rings is 1. The maximum atomic E-state index is 3.48. The van der Waals surface area contributed by atoms with Crippen molar-refractivity contribution in [1.29, 1.82) is 0 Å². The molecular weight excluding hydrogens is 329 g/mol. The van der Waals surface area contributed by atoms with Gasteiger partial charge in [-0.05, 0) is 59.0 Å². The second-order valence-corrected chi connectivity index (χ2v) is 7.57. The Morgan fingerprint density at radius 3 is 2.75 bits per heavy atom. The normalized spacial score (nSPS) is 19.9. The van der Waals surface area contributed by atoms with Crippen LogP contribution in [0.2, 0.25) is 0 Å². The first-order chi connectivity index (χ1) is 7.79. The van der Waals surface area contributed by atoms with Crippen LogP contribution in [0.5, 0.6) is 0 Å². The Kier molecular flexibility index (Phi) is 5.10. The van der Waals surface area contributed by atoms with Gasteiger partial charge in [-0.2, -0.15) is 0 Å². The number of hydrogen-bond acceptors (Lipinski definition) is 2. The summed E-state index contributed by atoms with van der Waals surface area (Å²) < 4.78 is 1.40. The molecule has 1 nitrogen and oxygen atoms in total. The molecule has 3 heteroatoms. The minimum absolute atomic E-state index is 0.572. The first-order valence-corrected chi connectivity index (χ1v) is 8.16. The van der Waals surface area contributed by atoms with Crippen LogP contribution in [0.4, 0.5) is 0 Å². The zero-order chi connectivity index (χ0) is 11.4. The van der Waals surface area contributed by atoms with Gasteiger partial charge in [0, 0.05) is 6.04 Å². The number of hydrogen-bond donors (Lipinski definition) is 1. The Bertz CT molecular complexity index is 317. The van der Waals surface area contributed by atoms with E-state index in [4.69, 9.17) is 0 Å². The van der Waals surface area contributed by atoms with Gasteiger partial charge in [0.05, 0.1) is 2.88 Å². The van der Waals surface area contributed by atoms with Gasteiger partial charge < -0.3 is 5.32 Å². The molecule has 0 aromatic carbocycles. The highest BCUT2D eigenvalue weighted by Gasteiger charge is 2.19. The molecule has 1 fully saturated rings. The highest BCUT2D eigenvalue weighted by atomic mass is 127. The van der Waals surface area contributed by atoms with E-state index in [1.54, 1.807) is 0 Å². The molecule has 1 atom stereocenters. The van der Waals surface area contributed by atoms with Gasteiger partial charge >= 0.3 is 0 Å². The smallest absolute Gasteiger partial charge is 0.0656 e. The van der Waals surface area contributed by atoms with E-state index in [1.807, 2.05) is 11.3 Å². The van der Waals surface area contributed by atoms with Gasteiger partial charge in [-0.25, -0.2) is 0 Å². The number of nitrogens with one attached hydrogen (secondary N) is 1. The van der Waals surface area contributed by atoms with Crippen LogP contribution in [-0.4, -0.2) is 7.05 Å². The standard InChI is InChI=1S/C13H20INS/c1-15-12(11-8-13(14)16-9-11)7-10-5-3-2-4-6-10/h8-10,12,15H,2-7H2,1H3. The molecular formula is C13H20INS. The summed E-state index contributed by atoms with van der Waals surface area (Å²) in [6, 6.07) is 2.90. The summed E-state index contributed by atoms with van der Waals surface area (Å²) >= 11 is 4.27. The first kappa shape index (κ1) is 12.8. The molecule has 0 aliphatic heterocycles. The van der Waals surface area contributed by atoms with Crippen molar-refractivity contribution in [2.24, 2.45) is 5.92 Å². The third kappa shape index (κ3) is 3.44. The van der Waals surface area contributed by atoms with E-state index in [1.165, 1.54) is 47.0 Å². The molecule has 1 heterocycles. The van der Waals surface area contributed by atoms with E-state index in [2.05, 4.69) is 46.4 Å². The largest absolute Gasteiger partial charge is 0.313 e. The summed E-state index contributed by atoms with van der Waals surface area (Å²) in [5, 5.41) is 5.79. The molecule has 90 valence electrons. The van der Waals surface area contributed by atoms with Crippen LogP contribution in [0.25, 0.3) is 0 Å². The molecule has 1 N–H and O–H groups in total. The van der Waals surface area contributed by atoms with Gasteiger partial charge in [-0.3, -0.25) is 0 Å². The Morgan fingerprint density at radius 1 is 1.44 bits per heavy atom. The molecule has 1 saturated carbocycles. The molecule has 1 aromatic rings. The van der Waals surface area contributed by atoms with Gasteiger partial charge in [0.25, 0.3) is 0 Å². The predicted octanol–water partition coefficient (Wildman–Crippen LogP) is 4.58. The molecule has 0 saturated heterocycles. The van der Waals surface area contributed by atoms with Crippen LogP contribution >= 0.6 is 33.9 Å². The highest BCUT2D eigenvalue weighted by Crippen LogP contribution is 2.33. The molecule has 1 aromatic heterocycles. The second kappa shape index (κ2) is 6.36. The Morgan fingerprint density at radius 2 is 2.19 bits per heavy atom. The zero-order valence-corrected chi connectivity index (χ0v) is 12.8. The summed E-state index contributed by atoms with van der Waals surface area (Å²) in [4.78, 5) is 0. The lowest BCUT2D eigenvalue weighted by Gasteiger charge is -2.26. The molecule has 2 rings (SSSR count). The minimum Gasteiger partial charge on any atom is -0.313 e. The van der Waals surface area contributed by atoms with Crippen molar-refractivity contribution < 1.29 is 0 Å². The maximum Gasteiger partial charge on any atom is 0.0656 e. The van der Waals surface area contributed by atoms with E-state index in [0.717, 1.165) is 5.92 Å². The van der Waals surface area contributed by atoms with Gasteiger partial charge in [0.1, 0.15) is 0 Å². The van der Waals surface area contributed by atoms with Crippen molar-refractivity contribution in [1.82, 2.24) is 5.32 Å². The topological polar surface area (TPSA) is 12.0 Å². The molecule has 1 aliphatic carbocycles. The van der Waals surface area contributed by atoms with Crippen LogP contribution in [0.3, 0.4) is 0 Å². The molecule has 0 bridgehead atoms. The second-order valence-electron chi connectivity index (χ2n) is 4.77. The molecule has 1 aliphatic rings. The summed E-state index contributed by atoms with van der Waals surface area (Å²) in [7, 11) is 2.10. The summed E-state index contributed by atoms with van der Waals surface area (Å²) in [5.74, 6) is 0.948. The summed E-state index contributed by atoms with van der Waals surface area (Å²) in [6.07, 6.45) is 8.56. The first-order valence-electron chi connectivity index (χ1n) is 6.21. The van der Waals surface area contributed by atoms with Crippen molar-refractivity contribution >= 4 is 33.9 Å². The van der Waals surface area contributed by atoms with Crippen LogP contribution in [0.15, 0.2) is 11.4 Å². The number of halogens is 1. The predicted molar refractivity (Wildman–Crippen MR) is 80.0 cm³/mol. The number of rotatable bonds is 4. The average Bonchev–Trinajstić information content (AvgIpc) is 2.74. The van der Waals surface area contributed by atoms with Crippen LogP contribution in [0, 0.1) is 8.80 Å². The monoisotopic (exact) mass is 349 g/mol. The van der Waals surface area contributed by atoms with Gasteiger partial charge in [0.2, 0.25) is 0 Å². The zero-order valence-electron chi connectivity index (χ0n) is 9.84. The van der Waals surface area contributed by atoms with E-state index >= 15 is 0 Å².